The van der Waals surface area contributed by atoms with Crippen LogP contribution in [-0.4, -0.2) is 37.1 Å². The van der Waals surface area contributed by atoms with Gasteiger partial charge >= 0.3 is 0 Å². The lowest BCUT2D eigenvalue weighted by molar-refractivity contribution is 0.0547. The lowest BCUT2D eigenvalue weighted by atomic mass is 9.97. The maximum atomic E-state index is 13.7. The van der Waals surface area contributed by atoms with Gasteiger partial charge in [0.2, 0.25) is 0 Å². The van der Waals surface area contributed by atoms with Gasteiger partial charge in [0.25, 0.3) is 5.91 Å². The second kappa shape index (κ2) is 7.18. The molecule has 1 aromatic rings. The average Bonchev–Trinajstić information content (AvgIpc) is 2.47. The van der Waals surface area contributed by atoms with Gasteiger partial charge < -0.3 is 9.64 Å². The highest BCUT2D eigenvalue weighted by molar-refractivity contribution is 9.10. The molecule has 20 heavy (non-hydrogen) atoms. The van der Waals surface area contributed by atoms with Crippen LogP contribution in [-0.2, 0) is 4.74 Å². The first-order chi connectivity index (χ1) is 9.61. The molecule has 2 rings (SSSR count). The summed E-state index contributed by atoms with van der Waals surface area (Å²) >= 11 is 3.27. The summed E-state index contributed by atoms with van der Waals surface area (Å²) in [5.41, 5.74) is 0.141. The second-order valence-electron chi connectivity index (χ2n) is 5.02. The highest BCUT2D eigenvalue weighted by Crippen LogP contribution is 2.22. The average molecular weight is 344 g/mol. The van der Waals surface area contributed by atoms with Crippen molar-refractivity contribution < 1.29 is 13.9 Å². The molecule has 0 atom stereocenters. The van der Waals surface area contributed by atoms with E-state index in [0.29, 0.717) is 23.5 Å². The standard InChI is InChI=1S/C15H19BrFNO2/c1-2-20-10-11-5-7-18(8-6-11)15(19)13-9-12(16)3-4-14(13)17/h3-4,9,11H,2,5-8,10H2,1H3. The van der Waals surface area contributed by atoms with E-state index in [9.17, 15) is 9.18 Å². The number of carbonyl (C=O) groups excluding carboxylic acids is 1. The third-order valence-corrected chi connectivity index (χ3v) is 4.11. The predicted molar refractivity (Wildman–Crippen MR) is 79.2 cm³/mol. The fourth-order valence-electron chi connectivity index (χ4n) is 2.42. The summed E-state index contributed by atoms with van der Waals surface area (Å²) in [6, 6.07) is 4.46. The Morgan fingerprint density at radius 1 is 1.45 bits per heavy atom. The first-order valence-electron chi connectivity index (χ1n) is 6.94. The number of likely N-dealkylation sites (tertiary alicyclic amines) is 1. The summed E-state index contributed by atoms with van der Waals surface area (Å²) in [5, 5.41) is 0. The van der Waals surface area contributed by atoms with Crippen molar-refractivity contribution in [3.8, 4) is 0 Å². The molecular formula is C15H19BrFNO2. The van der Waals surface area contributed by atoms with E-state index in [4.69, 9.17) is 4.74 Å². The van der Waals surface area contributed by atoms with Gasteiger partial charge in [-0.1, -0.05) is 15.9 Å². The number of halogens is 2. The summed E-state index contributed by atoms with van der Waals surface area (Å²) in [7, 11) is 0. The van der Waals surface area contributed by atoms with Crippen LogP contribution in [0.25, 0.3) is 0 Å². The topological polar surface area (TPSA) is 29.5 Å². The van der Waals surface area contributed by atoms with Crippen molar-refractivity contribution in [2.24, 2.45) is 5.92 Å². The molecule has 1 heterocycles. The molecule has 0 aromatic heterocycles. The van der Waals surface area contributed by atoms with Crippen LogP contribution in [0.3, 0.4) is 0 Å². The summed E-state index contributed by atoms with van der Waals surface area (Å²) in [5.74, 6) is -0.181. The number of nitrogens with zero attached hydrogens (tertiary/aromatic N) is 1. The maximum Gasteiger partial charge on any atom is 0.256 e. The van der Waals surface area contributed by atoms with Crippen molar-refractivity contribution in [3.05, 3.63) is 34.1 Å². The monoisotopic (exact) mass is 343 g/mol. The van der Waals surface area contributed by atoms with Gasteiger partial charge in [0.05, 0.1) is 5.56 Å². The molecule has 0 saturated carbocycles. The van der Waals surface area contributed by atoms with Crippen LogP contribution in [0.4, 0.5) is 4.39 Å². The minimum absolute atomic E-state index is 0.141. The molecule has 0 aliphatic carbocycles. The number of hydrogen-bond acceptors (Lipinski definition) is 2. The van der Waals surface area contributed by atoms with E-state index >= 15 is 0 Å². The molecular weight excluding hydrogens is 325 g/mol. The van der Waals surface area contributed by atoms with Gasteiger partial charge in [-0.15, -0.1) is 0 Å². The SMILES string of the molecule is CCOCC1CCN(C(=O)c2cc(Br)ccc2F)CC1. The number of carbonyl (C=O) groups is 1. The van der Waals surface area contributed by atoms with Crippen molar-refractivity contribution in [3.63, 3.8) is 0 Å². The van der Waals surface area contributed by atoms with Gasteiger partial charge in [-0.2, -0.15) is 0 Å². The molecule has 1 amide bonds. The van der Waals surface area contributed by atoms with Crippen molar-refractivity contribution in [1.29, 1.82) is 0 Å². The number of benzene rings is 1. The van der Waals surface area contributed by atoms with E-state index in [1.54, 1.807) is 17.0 Å². The summed E-state index contributed by atoms with van der Waals surface area (Å²) < 4.78 is 19.9. The molecule has 0 spiro atoms. The molecule has 0 radical (unpaired) electrons. The maximum absolute atomic E-state index is 13.7. The summed E-state index contributed by atoms with van der Waals surface area (Å²) in [6.45, 7) is 4.80. The van der Waals surface area contributed by atoms with E-state index in [0.717, 1.165) is 26.1 Å². The molecule has 0 bridgehead atoms. The largest absolute Gasteiger partial charge is 0.381 e. The normalized spacial score (nSPS) is 16.4. The van der Waals surface area contributed by atoms with Gasteiger partial charge in [0.1, 0.15) is 5.82 Å². The second-order valence-corrected chi connectivity index (χ2v) is 5.93. The Bertz CT molecular complexity index is 473. The Labute approximate surface area is 127 Å². The lowest BCUT2D eigenvalue weighted by Gasteiger charge is -2.32. The third-order valence-electron chi connectivity index (χ3n) is 3.62. The smallest absolute Gasteiger partial charge is 0.256 e. The third kappa shape index (κ3) is 3.79. The number of rotatable bonds is 4. The van der Waals surface area contributed by atoms with Crippen molar-refractivity contribution >= 4 is 21.8 Å². The Hall–Kier alpha value is -0.940. The number of amides is 1. The zero-order valence-electron chi connectivity index (χ0n) is 11.6. The molecule has 3 nitrogen and oxygen atoms in total. The highest BCUT2D eigenvalue weighted by atomic mass is 79.9. The first-order valence-corrected chi connectivity index (χ1v) is 7.73. The molecule has 110 valence electrons. The van der Waals surface area contributed by atoms with E-state index in [1.165, 1.54) is 6.07 Å². The Balaban J connectivity index is 1.96. The van der Waals surface area contributed by atoms with Gasteiger partial charge in [-0.05, 0) is 43.9 Å². The van der Waals surface area contributed by atoms with E-state index < -0.39 is 5.82 Å². The minimum atomic E-state index is -0.463. The summed E-state index contributed by atoms with van der Waals surface area (Å²) in [6.07, 6.45) is 1.84. The zero-order valence-corrected chi connectivity index (χ0v) is 13.2. The molecule has 5 heteroatoms. The van der Waals surface area contributed by atoms with Crippen molar-refractivity contribution in [2.45, 2.75) is 19.8 Å². The summed E-state index contributed by atoms with van der Waals surface area (Å²) in [4.78, 5) is 14.1. The van der Waals surface area contributed by atoms with Gasteiger partial charge in [0.15, 0.2) is 0 Å². The quantitative estimate of drug-likeness (QED) is 0.837. The molecule has 1 aromatic carbocycles. The Kier molecular flexibility index (Phi) is 5.54. The fraction of sp³-hybridized carbons (Fsp3) is 0.533. The van der Waals surface area contributed by atoms with Gasteiger partial charge in [-0.3, -0.25) is 4.79 Å². The van der Waals surface area contributed by atoms with Crippen LogP contribution in [0.2, 0.25) is 0 Å². The van der Waals surface area contributed by atoms with Crippen LogP contribution >= 0.6 is 15.9 Å². The van der Waals surface area contributed by atoms with Crippen LogP contribution in [0.1, 0.15) is 30.1 Å². The Morgan fingerprint density at radius 3 is 2.80 bits per heavy atom. The van der Waals surface area contributed by atoms with Crippen LogP contribution in [0.5, 0.6) is 0 Å². The van der Waals surface area contributed by atoms with Crippen LogP contribution in [0, 0.1) is 11.7 Å². The molecule has 1 fully saturated rings. The zero-order chi connectivity index (χ0) is 14.5. The van der Waals surface area contributed by atoms with Crippen molar-refractivity contribution in [2.75, 3.05) is 26.3 Å². The van der Waals surface area contributed by atoms with Crippen LogP contribution < -0.4 is 0 Å². The number of hydrogen-bond donors (Lipinski definition) is 0. The lowest BCUT2D eigenvalue weighted by Crippen LogP contribution is -2.39. The number of ether oxygens (including phenoxy) is 1. The molecule has 1 aliphatic rings. The fourth-order valence-corrected chi connectivity index (χ4v) is 2.78. The minimum Gasteiger partial charge on any atom is -0.381 e. The molecule has 1 aliphatic heterocycles. The molecule has 0 N–H and O–H groups in total. The van der Waals surface area contributed by atoms with E-state index in [1.807, 2.05) is 6.92 Å². The van der Waals surface area contributed by atoms with Crippen molar-refractivity contribution in [1.82, 2.24) is 4.90 Å². The highest BCUT2D eigenvalue weighted by Gasteiger charge is 2.25. The molecule has 1 saturated heterocycles. The van der Waals surface area contributed by atoms with E-state index in [2.05, 4.69) is 15.9 Å². The van der Waals surface area contributed by atoms with Gasteiger partial charge in [0, 0.05) is 30.8 Å². The predicted octanol–water partition coefficient (Wildman–Crippen LogP) is 3.48. The Morgan fingerprint density at radius 2 is 2.15 bits per heavy atom. The first kappa shape index (κ1) is 15.4. The van der Waals surface area contributed by atoms with Gasteiger partial charge in [-0.25, -0.2) is 4.39 Å². The van der Waals surface area contributed by atoms with E-state index in [-0.39, 0.29) is 11.5 Å². The molecule has 0 unspecified atom stereocenters. The number of piperidine rings is 1. The van der Waals surface area contributed by atoms with Crippen LogP contribution in [0.15, 0.2) is 22.7 Å².